The Morgan fingerprint density at radius 1 is 1.18 bits per heavy atom. The number of nitrogen functional groups attached to an aromatic ring is 1. The summed E-state index contributed by atoms with van der Waals surface area (Å²) < 4.78 is 0. The second-order valence-electron chi connectivity index (χ2n) is 4.33. The third kappa shape index (κ3) is 2.01. The van der Waals surface area contributed by atoms with Crippen molar-refractivity contribution >= 4 is 5.82 Å². The van der Waals surface area contributed by atoms with Crippen LogP contribution in [0.3, 0.4) is 0 Å². The normalized spacial score (nSPS) is 14.3. The molecule has 0 fully saturated rings. The van der Waals surface area contributed by atoms with Gasteiger partial charge in [0.2, 0.25) is 0 Å². The van der Waals surface area contributed by atoms with E-state index in [0.717, 1.165) is 11.1 Å². The number of anilines is 1. The van der Waals surface area contributed by atoms with Gasteiger partial charge >= 0.3 is 0 Å². The average molecular weight is 228 g/mol. The number of benzene rings is 1. The molecule has 0 saturated carbocycles. The summed E-state index contributed by atoms with van der Waals surface area (Å²) in [5, 5.41) is 10.7. The van der Waals surface area contributed by atoms with E-state index in [1.54, 1.807) is 13.1 Å². The molecule has 1 atom stereocenters. The first kappa shape index (κ1) is 11.6. The third-order valence-corrected chi connectivity index (χ3v) is 3.01. The lowest BCUT2D eigenvalue weighted by Gasteiger charge is -2.27. The summed E-state index contributed by atoms with van der Waals surface area (Å²) in [4.78, 5) is 4.05. The molecule has 1 heterocycles. The Hall–Kier alpha value is -1.87. The highest BCUT2D eigenvalue weighted by Crippen LogP contribution is 2.33. The van der Waals surface area contributed by atoms with Gasteiger partial charge in [0, 0.05) is 11.8 Å². The zero-order chi connectivity index (χ0) is 12.5. The summed E-state index contributed by atoms with van der Waals surface area (Å²) >= 11 is 0. The fraction of sp³-hybridized carbons (Fsp3) is 0.214. The minimum absolute atomic E-state index is 0.374. The van der Waals surface area contributed by atoms with Crippen LogP contribution in [0.25, 0.3) is 0 Å². The van der Waals surface area contributed by atoms with Gasteiger partial charge in [-0.05, 0) is 31.0 Å². The maximum absolute atomic E-state index is 10.7. The summed E-state index contributed by atoms with van der Waals surface area (Å²) in [7, 11) is 0. The van der Waals surface area contributed by atoms with E-state index < -0.39 is 5.60 Å². The Morgan fingerprint density at radius 2 is 1.82 bits per heavy atom. The Labute approximate surface area is 101 Å². The second kappa shape index (κ2) is 4.18. The SMILES string of the molecule is Cc1ccnc(N)c1C(C)(O)c1ccccc1. The molecular weight excluding hydrogens is 212 g/mol. The predicted octanol–water partition coefficient (Wildman–Crippen LogP) is 2.23. The molecule has 0 aliphatic rings. The molecule has 1 aromatic heterocycles. The largest absolute Gasteiger partial charge is 0.383 e. The average Bonchev–Trinajstić information content (AvgIpc) is 2.29. The van der Waals surface area contributed by atoms with E-state index in [4.69, 9.17) is 5.73 Å². The van der Waals surface area contributed by atoms with E-state index in [1.807, 2.05) is 43.3 Å². The standard InChI is InChI=1S/C14H16N2O/c1-10-8-9-16-13(15)12(10)14(2,17)11-6-4-3-5-7-11/h3-9,17H,1-2H3,(H2,15,16). The van der Waals surface area contributed by atoms with Crippen molar-refractivity contribution in [2.75, 3.05) is 5.73 Å². The molecule has 3 N–H and O–H groups in total. The number of nitrogens with zero attached hydrogens (tertiary/aromatic N) is 1. The van der Waals surface area contributed by atoms with E-state index in [2.05, 4.69) is 4.98 Å². The van der Waals surface area contributed by atoms with Gasteiger partial charge in [0.25, 0.3) is 0 Å². The smallest absolute Gasteiger partial charge is 0.130 e. The molecule has 0 saturated heterocycles. The fourth-order valence-corrected chi connectivity index (χ4v) is 2.12. The number of pyridine rings is 1. The first-order chi connectivity index (χ1) is 8.03. The Bertz CT molecular complexity index is 501. The number of hydrogen-bond donors (Lipinski definition) is 2. The van der Waals surface area contributed by atoms with Crippen LogP contribution in [0, 0.1) is 6.92 Å². The molecule has 0 amide bonds. The molecule has 0 aliphatic carbocycles. The van der Waals surface area contributed by atoms with Crippen molar-refractivity contribution in [3.8, 4) is 0 Å². The van der Waals surface area contributed by atoms with Crippen LogP contribution >= 0.6 is 0 Å². The maximum atomic E-state index is 10.7. The number of aliphatic hydroxyl groups is 1. The highest BCUT2D eigenvalue weighted by Gasteiger charge is 2.29. The molecule has 1 aromatic carbocycles. The number of nitrogens with two attached hydrogens (primary N) is 1. The summed E-state index contributed by atoms with van der Waals surface area (Å²) in [5.74, 6) is 0.374. The lowest BCUT2D eigenvalue weighted by atomic mass is 9.86. The zero-order valence-corrected chi connectivity index (χ0v) is 10.0. The van der Waals surface area contributed by atoms with Crippen molar-refractivity contribution in [3.63, 3.8) is 0 Å². The van der Waals surface area contributed by atoms with Crippen molar-refractivity contribution in [2.45, 2.75) is 19.4 Å². The summed E-state index contributed by atoms with van der Waals surface area (Å²) in [6, 6.07) is 11.3. The Kier molecular flexibility index (Phi) is 2.86. The van der Waals surface area contributed by atoms with Crippen LogP contribution in [0.4, 0.5) is 5.82 Å². The molecule has 3 nitrogen and oxygen atoms in total. The molecule has 0 radical (unpaired) electrons. The minimum Gasteiger partial charge on any atom is -0.383 e. The van der Waals surface area contributed by atoms with Gasteiger partial charge in [-0.15, -0.1) is 0 Å². The lowest BCUT2D eigenvalue weighted by Crippen LogP contribution is -2.25. The maximum Gasteiger partial charge on any atom is 0.130 e. The first-order valence-corrected chi connectivity index (χ1v) is 5.53. The van der Waals surface area contributed by atoms with Crippen LogP contribution in [0.5, 0.6) is 0 Å². The van der Waals surface area contributed by atoms with Gasteiger partial charge in [0.05, 0.1) is 0 Å². The number of aryl methyl sites for hydroxylation is 1. The summed E-state index contributed by atoms with van der Waals surface area (Å²) in [6.07, 6.45) is 1.65. The van der Waals surface area contributed by atoms with Crippen LogP contribution in [0.15, 0.2) is 42.6 Å². The van der Waals surface area contributed by atoms with Gasteiger partial charge in [-0.3, -0.25) is 0 Å². The van der Waals surface area contributed by atoms with E-state index in [9.17, 15) is 5.11 Å². The van der Waals surface area contributed by atoms with Crippen molar-refractivity contribution < 1.29 is 5.11 Å². The molecule has 88 valence electrons. The number of rotatable bonds is 2. The van der Waals surface area contributed by atoms with Gasteiger partial charge in [-0.1, -0.05) is 30.3 Å². The molecule has 0 bridgehead atoms. The monoisotopic (exact) mass is 228 g/mol. The molecule has 3 heteroatoms. The molecule has 2 aromatic rings. The zero-order valence-electron chi connectivity index (χ0n) is 10.0. The van der Waals surface area contributed by atoms with Gasteiger partial charge in [0.15, 0.2) is 0 Å². The molecule has 0 spiro atoms. The van der Waals surface area contributed by atoms with E-state index >= 15 is 0 Å². The molecule has 0 aliphatic heterocycles. The second-order valence-corrected chi connectivity index (χ2v) is 4.33. The first-order valence-electron chi connectivity index (χ1n) is 5.53. The van der Waals surface area contributed by atoms with E-state index in [-0.39, 0.29) is 0 Å². The van der Waals surface area contributed by atoms with Crippen LogP contribution in [0.1, 0.15) is 23.6 Å². The van der Waals surface area contributed by atoms with E-state index in [0.29, 0.717) is 11.4 Å². The molecular formula is C14H16N2O. The lowest BCUT2D eigenvalue weighted by molar-refractivity contribution is 0.102. The van der Waals surface area contributed by atoms with Crippen molar-refractivity contribution in [3.05, 3.63) is 59.3 Å². The van der Waals surface area contributed by atoms with Crippen LogP contribution < -0.4 is 5.73 Å². The van der Waals surface area contributed by atoms with E-state index in [1.165, 1.54) is 0 Å². The van der Waals surface area contributed by atoms with Gasteiger partial charge < -0.3 is 10.8 Å². The third-order valence-electron chi connectivity index (χ3n) is 3.01. The van der Waals surface area contributed by atoms with Crippen molar-refractivity contribution in [1.29, 1.82) is 0 Å². The van der Waals surface area contributed by atoms with Crippen molar-refractivity contribution in [1.82, 2.24) is 4.98 Å². The molecule has 1 unspecified atom stereocenters. The summed E-state index contributed by atoms with van der Waals surface area (Å²) in [6.45, 7) is 3.66. The van der Waals surface area contributed by atoms with Gasteiger partial charge in [-0.25, -0.2) is 4.98 Å². The van der Waals surface area contributed by atoms with Crippen LogP contribution in [0.2, 0.25) is 0 Å². The highest BCUT2D eigenvalue weighted by molar-refractivity contribution is 5.51. The highest BCUT2D eigenvalue weighted by atomic mass is 16.3. The topological polar surface area (TPSA) is 59.1 Å². The fourth-order valence-electron chi connectivity index (χ4n) is 2.12. The Morgan fingerprint density at radius 3 is 2.41 bits per heavy atom. The quantitative estimate of drug-likeness (QED) is 0.828. The van der Waals surface area contributed by atoms with Gasteiger partial charge in [-0.2, -0.15) is 0 Å². The van der Waals surface area contributed by atoms with Crippen LogP contribution in [-0.2, 0) is 5.60 Å². The predicted molar refractivity (Wildman–Crippen MR) is 68.5 cm³/mol. The van der Waals surface area contributed by atoms with Crippen LogP contribution in [-0.4, -0.2) is 10.1 Å². The number of aromatic nitrogens is 1. The molecule has 2 rings (SSSR count). The number of hydrogen-bond acceptors (Lipinski definition) is 3. The summed E-state index contributed by atoms with van der Waals surface area (Å²) in [5.41, 5.74) is 7.17. The minimum atomic E-state index is -1.12. The van der Waals surface area contributed by atoms with Gasteiger partial charge in [0.1, 0.15) is 11.4 Å². The van der Waals surface area contributed by atoms with Crippen molar-refractivity contribution in [2.24, 2.45) is 0 Å². The Balaban J connectivity index is 2.60. The molecule has 17 heavy (non-hydrogen) atoms.